The fourth-order valence-electron chi connectivity index (χ4n) is 1.52. The van der Waals surface area contributed by atoms with Crippen LogP contribution in [0.1, 0.15) is 27.2 Å². The molecule has 14 heavy (non-hydrogen) atoms. The van der Waals surface area contributed by atoms with E-state index in [1.165, 1.54) is 5.57 Å². The van der Waals surface area contributed by atoms with Crippen LogP contribution in [0.3, 0.4) is 0 Å². The smallest absolute Gasteiger partial charge is 0.140 e. The van der Waals surface area contributed by atoms with Gasteiger partial charge in [-0.3, -0.25) is 0 Å². The Morgan fingerprint density at radius 2 is 2.07 bits per heavy atom. The van der Waals surface area contributed by atoms with Crippen LogP contribution in [0, 0.1) is 5.92 Å². The molecule has 0 aromatic heterocycles. The van der Waals surface area contributed by atoms with E-state index in [1.807, 2.05) is 6.92 Å². The van der Waals surface area contributed by atoms with Crippen LogP contribution in [0.4, 0.5) is 0 Å². The maximum Gasteiger partial charge on any atom is 0.140 e. The molecule has 0 spiro atoms. The second kappa shape index (κ2) is 4.70. The van der Waals surface area contributed by atoms with E-state index in [9.17, 15) is 0 Å². The summed E-state index contributed by atoms with van der Waals surface area (Å²) in [7, 11) is 1.66. The molecule has 0 bridgehead atoms. The quantitative estimate of drug-likeness (QED) is 0.638. The van der Waals surface area contributed by atoms with Crippen molar-refractivity contribution in [3.8, 4) is 0 Å². The highest BCUT2D eigenvalue weighted by Crippen LogP contribution is 2.30. The first-order chi connectivity index (χ1) is 6.57. The molecule has 0 N–H and O–H groups in total. The van der Waals surface area contributed by atoms with Crippen LogP contribution in [-0.2, 0) is 4.74 Å². The van der Waals surface area contributed by atoms with Gasteiger partial charge in [0.05, 0.1) is 12.1 Å². The fourth-order valence-corrected chi connectivity index (χ4v) is 1.93. The largest absolute Gasteiger partial charge is 0.495 e. The van der Waals surface area contributed by atoms with Gasteiger partial charge >= 0.3 is 0 Å². The van der Waals surface area contributed by atoms with Gasteiger partial charge in [-0.1, -0.05) is 30.7 Å². The van der Waals surface area contributed by atoms with E-state index in [4.69, 9.17) is 16.3 Å². The van der Waals surface area contributed by atoms with Gasteiger partial charge in [0.1, 0.15) is 5.76 Å². The Hall–Kier alpha value is -0.690. The van der Waals surface area contributed by atoms with Gasteiger partial charge in [0.25, 0.3) is 0 Å². The van der Waals surface area contributed by atoms with Gasteiger partial charge in [0, 0.05) is 0 Å². The summed E-state index contributed by atoms with van der Waals surface area (Å²) >= 11 is 6.26. The zero-order valence-corrected chi connectivity index (χ0v) is 9.98. The minimum Gasteiger partial charge on any atom is -0.495 e. The second-order valence-electron chi connectivity index (χ2n) is 3.75. The van der Waals surface area contributed by atoms with Crippen LogP contribution in [0.15, 0.2) is 34.1 Å². The summed E-state index contributed by atoms with van der Waals surface area (Å²) in [6, 6.07) is 0. The first kappa shape index (κ1) is 11.4. The number of hydrogen-bond acceptors (Lipinski definition) is 1. The number of halogens is 1. The van der Waals surface area contributed by atoms with Crippen LogP contribution in [0.25, 0.3) is 0 Å². The van der Waals surface area contributed by atoms with Crippen molar-refractivity contribution >= 4 is 11.6 Å². The predicted molar refractivity (Wildman–Crippen MR) is 61.2 cm³/mol. The predicted octanol–water partition coefficient (Wildman–Crippen LogP) is 4.02. The first-order valence-corrected chi connectivity index (χ1v) is 5.23. The molecule has 0 saturated heterocycles. The maximum atomic E-state index is 6.26. The molecule has 0 amide bonds. The van der Waals surface area contributed by atoms with Gasteiger partial charge in [-0.2, -0.15) is 0 Å². The summed E-state index contributed by atoms with van der Waals surface area (Å²) in [5.74, 6) is 1.28. The third-order valence-corrected chi connectivity index (χ3v) is 3.17. The van der Waals surface area contributed by atoms with Crippen molar-refractivity contribution in [2.75, 3.05) is 7.11 Å². The third kappa shape index (κ3) is 2.21. The minimum atomic E-state index is 0.483. The average molecular weight is 213 g/mol. The molecule has 1 aliphatic rings. The van der Waals surface area contributed by atoms with Crippen LogP contribution in [0.2, 0.25) is 0 Å². The second-order valence-corrected chi connectivity index (χ2v) is 4.13. The van der Waals surface area contributed by atoms with E-state index in [1.54, 1.807) is 7.11 Å². The van der Waals surface area contributed by atoms with Crippen LogP contribution in [-0.4, -0.2) is 7.11 Å². The highest BCUT2D eigenvalue weighted by Gasteiger charge is 2.15. The van der Waals surface area contributed by atoms with E-state index < -0.39 is 0 Å². The topological polar surface area (TPSA) is 9.23 Å². The molecule has 0 aliphatic heterocycles. The minimum absolute atomic E-state index is 0.483. The summed E-state index contributed by atoms with van der Waals surface area (Å²) in [6.07, 6.45) is 5.28. The molecule has 1 nitrogen and oxygen atoms in total. The standard InChI is InChI=1S/C12H17ClO/c1-8-6-5-7-9(2)12(14-4)11(13)10(8)3/h5,7-8H,6H2,1-4H3/b7-5+,11-10?,12-9?. The zero-order valence-electron chi connectivity index (χ0n) is 9.23. The Bertz CT molecular complexity index is 310. The highest BCUT2D eigenvalue weighted by atomic mass is 35.5. The third-order valence-electron chi connectivity index (χ3n) is 2.70. The van der Waals surface area contributed by atoms with Crippen molar-refractivity contribution < 1.29 is 4.74 Å². The number of hydrogen-bond donors (Lipinski definition) is 0. The van der Waals surface area contributed by atoms with E-state index in [0.717, 1.165) is 22.8 Å². The van der Waals surface area contributed by atoms with Gasteiger partial charge in [0.2, 0.25) is 0 Å². The number of ether oxygens (including phenoxy) is 1. The molecule has 1 atom stereocenters. The average Bonchev–Trinajstić information content (AvgIpc) is 2.16. The molecule has 0 fully saturated rings. The van der Waals surface area contributed by atoms with Crippen LogP contribution >= 0.6 is 11.6 Å². The fraction of sp³-hybridized carbons (Fsp3) is 0.500. The number of allylic oxidation sites excluding steroid dienone is 5. The molecule has 0 aromatic carbocycles. The Morgan fingerprint density at radius 1 is 1.43 bits per heavy atom. The summed E-state index contributed by atoms with van der Waals surface area (Å²) in [6.45, 7) is 6.26. The first-order valence-electron chi connectivity index (χ1n) is 4.86. The molecular weight excluding hydrogens is 196 g/mol. The van der Waals surface area contributed by atoms with E-state index >= 15 is 0 Å². The molecule has 0 heterocycles. The number of rotatable bonds is 1. The molecule has 0 radical (unpaired) electrons. The summed E-state index contributed by atoms with van der Waals surface area (Å²) in [5, 5.41) is 0.766. The van der Waals surface area contributed by atoms with Gasteiger partial charge < -0.3 is 4.74 Å². The molecule has 0 aromatic rings. The van der Waals surface area contributed by atoms with Gasteiger partial charge in [0.15, 0.2) is 0 Å². The lowest BCUT2D eigenvalue weighted by molar-refractivity contribution is 0.300. The Labute approximate surface area is 91.1 Å². The molecule has 78 valence electrons. The molecular formula is C12H17ClO. The summed E-state index contributed by atoms with van der Waals surface area (Å²) < 4.78 is 5.31. The van der Waals surface area contributed by atoms with Crippen molar-refractivity contribution in [2.45, 2.75) is 27.2 Å². The Kier molecular flexibility index (Phi) is 3.82. The monoisotopic (exact) mass is 212 g/mol. The molecule has 1 rings (SSSR count). The van der Waals surface area contributed by atoms with E-state index in [2.05, 4.69) is 26.0 Å². The SMILES string of the molecule is COC1=C(C)/C=C/CC(C)C(C)=C1Cl. The molecule has 1 aliphatic carbocycles. The molecule has 2 heteroatoms. The van der Waals surface area contributed by atoms with Crippen molar-refractivity contribution in [3.05, 3.63) is 34.1 Å². The summed E-state index contributed by atoms with van der Waals surface area (Å²) in [5.41, 5.74) is 2.29. The van der Waals surface area contributed by atoms with E-state index in [-0.39, 0.29) is 0 Å². The van der Waals surface area contributed by atoms with Gasteiger partial charge in [-0.15, -0.1) is 0 Å². The van der Waals surface area contributed by atoms with Crippen molar-refractivity contribution in [3.63, 3.8) is 0 Å². The van der Waals surface area contributed by atoms with Crippen LogP contribution < -0.4 is 0 Å². The Morgan fingerprint density at radius 3 is 2.64 bits per heavy atom. The van der Waals surface area contributed by atoms with Gasteiger partial charge in [-0.25, -0.2) is 0 Å². The van der Waals surface area contributed by atoms with Crippen LogP contribution in [0.5, 0.6) is 0 Å². The lowest BCUT2D eigenvalue weighted by Gasteiger charge is -2.17. The van der Waals surface area contributed by atoms with Crippen molar-refractivity contribution in [1.29, 1.82) is 0 Å². The van der Waals surface area contributed by atoms with E-state index in [0.29, 0.717) is 5.92 Å². The highest BCUT2D eigenvalue weighted by molar-refractivity contribution is 6.32. The van der Waals surface area contributed by atoms with Crippen molar-refractivity contribution in [1.82, 2.24) is 0 Å². The maximum absolute atomic E-state index is 6.26. The zero-order chi connectivity index (χ0) is 10.7. The van der Waals surface area contributed by atoms with Gasteiger partial charge in [-0.05, 0) is 37.3 Å². The number of methoxy groups -OCH3 is 1. The summed E-state index contributed by atoms with van der Waals surface area (Å²) in [4.78, 5) is 0. The Balaban J connectivity index is 3.23. The normalized spacial score (nSPS) is 25.9. The van der Waals surface area contributed by atoms with Crippen molar-refractivity contribution in [2.24, 2.45) is 5.92 Å². The molecule has 0 saturated carbocycles. The lowest BCUT2D eigenvalue weighted by atomic mass is 9.95. The lowest BCUT2D eigenvalue weighted by Crippen LogP contribution is -2.03. The molecule has 1 unspecified atom stereocenters.